The van der Waals surface area contributed by atoms with Crippen LogP contribution in [0, 0.1) is 0 Å². The second-order valence-corrected chi connectivity index (χ2v) is 9.13. The number of hydrogen-bond donors (Lipinski definition) is 1. The molecule has 0 bridgehead atoms. The molecule has 0 aromatic heterocycles. The summed E-state index contributed by atoms with van der Waals surface area (Å²) in [5.74, 6) is -0.597. The Labute approximate surface area is 176 Å². The largest absolute Gasteiger partial charge is 0.506 e. The van der Waals surface area contributed by atoms with Crippen LogP contribution >= 0.6 is 23.2 Å². The highest BCUT2D eigenvalue weighted by Gasteiger charge is 2.34. The molecule has 1 N–H and O–H groups in total. The van der Waals surface area contributed by atoms with Gasteiger partial charge < -0.3 is 19.6 Å². The van der Waals surface area contributed by atoms with Crippen LogP contribution < -0.4 is 0 Å². The summed E-state index contributed by atoms with van der Waals surface area (Å²) < 4.78 is 5.42. The van der Waals surface area contributed by atoms with Crippen LogP contribution in [0.1, 0.15) is 57.8 Å². The van der Waals surface area contributed by atoms with Crippen molar-refractivity contribution < 1.29 is 19.4 Å². The standard InChI is InChI=1S/C20H28Cl2N2O4/c1-12(2)24(18(26)15-10-13(21)11-16(22)17(15)25)14-6-8-23(9-7-14)19(27)28-20(3,4)5/h10-12,14,25H,6-9H2,1-5H3. The molecule has 0 radical (unpaired) electrons. The Morgan fingerprint density at radius 3 is 2.29 bits per heavy atom. The molecule has 156 valence electrons. The van der Waals surface area contributed by atoms with Crippen LogP contribution in [0.3, 0.4) is 0 Å². The van der Waals surface area contributed by atoms with Crippen molar-refractivity contribution in [1.29, 1.82) is 0 Å². The molecule has 2 amide bonds. The molecule has 1 fully saturated rings. The van der Waals surface area contributed by atoms with Crippen molar-refractivity contribution in [3.05, 3.63) is 27.7 Å². The molecule has 1 aromatic carbocycles. The Balaban J connectivity index is 2.14. The zero-order valence-electron chi connectivity index (χ0n) is 17.0. The van der Waals surface area contributed by atoms with Crippen molar-refractivity contribution in [1.82, 2.24) is 9.80 Å². The minimum absolute atomic E-state index is 0.0410. The average molecular weight is 431 g/mol. The van der Waals surface area contributed by atoms with E-state index in [1.165, 1.54) is 12.1 Å². The predicted molar refractivity (Wildman–Crippen MR) is 110 cm³/mol. The predicted octanol–water partition coefficient (Wildman–Crippen LogP) is 4.95. The highest BCUT2D eigenvalue weighted by molar-refractivity contribution is 6.36. The summed E-state index contributed by atoms with van der Waals surface area (Å²) >= 11 is 12.0. The third-order valence-electron chi connectivity index (χ3n) is 4.56. The van der Waals surface area contributed by atoms with Crippen molar-refractivity contribution in [2.75, 3.05) is 13.1 Å². The van der Waals surface area contributed by atoms with Crippen LogP contribution in [-0.4, -0.2) is 57.7 Å². The smallest absolute Gasteiger partial charge is 0.410 e. The maximum Gasteiger partial charge on any atom is 0.410 e. The second kappa shape index (κ2) is 8.78. The molecule has 0 spiro atoms. The molecule has 0 unspecified atom stereocenters. The Bertz CT molecular complexity index is 738. The third-order valence-corrected chi connectivity index (χ3v) is 5.07. The molecule has 6 nitrogen and oxygen atoms in total. The molecular formula is C20H28Cl2N2O4. The summed E-state index contributed by atoms with van der Waals surface area (Å²) in [5, 5.41) is 10.6. The highest BCUT2D eigenvalue weighted by Crippen LogP contribution is 2.33. The van der Waals surface area contributed by atoms with Crippen LogP contribution in [0.2, 0.25) is 10.0 Å². The van der Waals surface area contributed by atoms with Gasteiger partial charge >= 0.3 is 6.09 Å². The number of halogens is 2. The number of benzene rings is 1. The number of rotatable bonds is 3. The molecule has 2 rings (SSSR count). The number of phenolic OH excluding ortho intramolecular Hbond substituents is 1. The number of phenols is 1. The van der Waals surface area contributed by atoms with E-state index in [1.54, 1.807) is 9.80 Å². The number of carbonyl (C=O) groups is 2. The van der Waals surface area contributed by atoms with Crippen molar-refractivity contribution in [2.45, 2.75) is 65.1 Å². The van der Waals surface area contributed by atoms with Crippen LogP contribution in [0.15, 0.2) is 12.1 Å². The van der Waals surface area contributed by atoms with Crippen molar-refractivity contribution in [2.24, 2.45) is 0 Å². The lowest BCUT2D eigenvalue weighted by Gasteiger charge is -2.41. The lowest BCUT2D eigenvalue weighted by Crippen LogP contribution is -2.51. The number of amides is 2. The van der Waals surface area contributed by atoms with Gasteiger partial charge in [0.2, 0.25) is 0 Å². The van der Waals surface area contributed by atoms with Gasteiger partial charge in [-0.3, -0.25) is 4.79 Å². The van der Waals surface area contributed by atoms with E-state index in [4.69, 9.17) is 27.9 Å². The van der Waals surface area contributed by atoms with Gasteiger partial charge in [0.25, 0.3) is 5.91 Å². The molecule has 28 heavy (non-hydrogen) atoms. The third kappa shape index (κ3) is 5.45. The highest BCUT2D eigenvalue weighted by atomic mass is 35.5. The molecule has 1 saturated heterocycles. The van der Waals surface area contributed by atoms with Crippen LogP contribution in [0.25, 0.3) is 0 Å². The van der Waals surface area contributed by atoms with Gasteiger partial charge in [0.05, 0.1) is 10.6 Å². The summed E-state index contributed by atoms with van der Waals surface area (Å²) in [6.45, 7) is 10.3. The van der Waals surface area contributed by atoms with E-state index in [9.17, 15) is 14.7 Å². The minimum Gasteiger partial charge on any atom is -0.506 e. The Kier molecular flexibility index (Phi) is 7.10. The first-order valence-corrected chi connectivity index (χ1v) is 10.1. The molecule has 8 heteroatoms. The second-order valence-electron chi connectivity index (χ2n) is 8.29. The average Bonchev–Trinajstić information content (AvgIpc) is 2.56. The summed E-state index contributed by atoms with van der Waals surface area (Å²) in [4.78, 5) is 28.8. The molecule has 0 aliphatic carbocycles. The van der Waals surface area contributed by atoms with Gasteiger partial charge in [0.1, 0.15) is 11.4 Å². The van der Waals surface area contributed by atoms with E-state index in [-0.39, 0.29) is 45.4 Å². The quantitative estimate of drug-likeness (QED) is 0.735. The molecule has 1 heterocycles. The first kappa shape index (κ1) is 22.6. The van der Waals surface area contributed by atoms with Crippen molar-refractivity contribution in [3.63, 3.8) is 0 Å². The number of carbonyl (C=O) groups excluding carboxylic acids is 2. The van der Waals surface area contributed by atoms with E-state index in [0.717, 1.165) is 0 Å². The molecule has 1 aliphatic rings. The van der Waals surface area contributed by atoms with E-state index in [1.807, 2.05) is 34.6 Å². The van der Waals surface area contributed by atoms with Crippen LogP contribution in [-0.2, 0) is 4.74 Å². The lowest BCUT2D eigenvalue weighted by atomic mass is 10.00. The number of ether oxygens (including phenoxy) is 1. The lowest BCUT2D eigenvalue weighted by molar-refractivity contribution is 0.0127. The summed E-state index contributed by atoms with van der Waals surface area (Å²) in [6.07, 6.45) is 0.906. The fourth-order valence-corrected chi connectivity index (χ4v) is 3.84. The monoisotopic (exact) mass is 430 g/mol. The fraction of sp³-hybridized carbons (Fsp3) is 0.600. The number of piperidine rings is 1. The van der Waals surface area contributed by atoms with E-state index >= 15 is 0 Å². The first-order valence-electron chi connectivity index (χ1n) is 9.39. The number of likely N-dealkylation sites (tertiary alicyclic amines) is 1. The summed E-state index contributed by atoms with van der Waals surface area (Å²) in [7, 11) is 0. The topological polar surface area (TPSA) is 70.1 Å². The zero-order chi connectivity index (χ0) is 21.2. The minimum atomic E-state index is -0.544. The molecule has 1 aromatic rings. The maximum atomic E-state index is 13.2. The number of hydrogen-bond acceptors (Lipinski definition) is 4. The number of nitrogens with zero attached hydrogens (tertiary/aromatic N) is 2. The van der Waals surface area contributed by atoms with Gasteiger partial charge in [-0.15, -0.1) is 0 Å². The van der Waals surface area contributed by atoms with E-state index < -0.39 is 5.60 Å². The Morgan fingerprint density at radius 2 is 1.79 bits per heavy atom. The fourth-order valence-electron chi connectivity index (χ4n) is 3.34. The van der Waals surface area contributed by atoms with Gasteiger partial charge in [0, 0.05) is 30.2 Å². The van der Waals surface area contributed by atoms with E-state index in [2.05, 4.69) is 0 Å². The van der Waals surface area contributed by atoms with Gasteiger partial charge in [-0.1, -0.05) is 23.2 Å². The molecular weight excluding hydrogens is 403 g/mol. The number of aromatic hydroxyl groups is 1. The maximum absolute atomic E-state index is 13.2. The molecule has 0 saturated carbocycles. The normalized spacial score (nSPS) is 15.6. The summed E-state index contributed by atoms with van der Waals surface area (Å²) in [5.41, 5.74) is -0.460. The van der Waals surface area contributed by atoms with Gasteiger partial charge in [-0.05, 0) is 59.6 Å². The molecule has 1 aliphatic heterocycles. The van der Waals surface area contributed by atoms with Crippen molar-refractivity contribution >= 4 is 35.2 Å². The van der Waals surface area contributed by atoms with Gasteiger partial charge in [-0.25, -0.2) is 4.79 Å². The van der Waals surface area contributed by atoms with Crippen molar-refractivity contribution in [3.8, 4) is 5.75 Å². The molecule has 0 atom stereocenters. The SMILES string of the molecule is CC(C)N(C(=O)c1cc(Cl)cc(Cl)c1O)C1CCN(C(=O)OC(C)(C)C)CC1. The van der Waals surface area contributed by atoms with E-state index in [0.29, 0.717) is 25.9 Å². The Morgan fingerprint density at radius 1 is 1.21 bits per heavy atom. The van der Waals surface area contributed by atoms with Crippen LogP contribution in [0.4, 0.5) is 4.79 Å². The first-order chi connectivity index (χ1) is 12.9. The zero-order valence-corrected chi connectivity index (χ0v) is 18.5. The van der Waals surface area contributed by atoms with Crippen LogP contribution in [0.5, 0.6) is 5.75 Å². The van der Waals surface area contributed by atoms with Gasteiger partial charge in [0.15, 0.2) is 0 Å². The van der Waals surface area contributed by atoms with Gasteiger partial charge in [-0.2, -0.15) is 0 Å². The Hall–Kier alpha value is -1.66. The summed E-state index contributed by atoms with van der Waals surface area (Å²) in [6, 6.07) is 2.66.